The van der Waals surface area contributed by atoms with Crippen molar-refractivity contribution in [1.82, 2.24) is 9.80 Å². The molecule has 108 valence electrons. The average molecular weight is 295 g/mol. The van der Waals surface area contributed by atoms with Crippen LogP contribution >= 0.6 is 11.6 Å². The van der Waals surface area contributed by atoms with E-state index in [1.807, 2.05) is 17.0 Å². The number of rotatable bonds is 1. The van der Waals surface area contributed by atoms with Crippen LogP contribution in [0, 0.1) is 5.92 Å². The number of ether oxygens (including phenoxy) is 1. The van der Waals surface area contributed by atoms with Crippen molar-refractivity contribution in [2.45, 2.75) is 6.04 Å². The minimum Gasteiger partial charge on any atom is -0.379 e. The fourth-order valence-electron chi connectivity index (χ4n) is 3.02. The molecule has 2 bridgehead atoms. The second-order valence-electron chi connectivity index (χ2n) is 5.72. The van der Waals surface area contributed by atoms with Crippen molar-refractivity contribution < 1.29 is 9.53 Å². The SMILES string of the molecule is CN1C[C@H]2COC[C@@H]1CN(C(=O)c1cccc(Cl)c1)C2. The molecule has 0 radical (unpaired) electrons. The van der Waals surface area contributed by atoms with Crippen molar-refractivity contribution in [3.63, 3.8) is 0 Å². The molecule has 1 amide bonds. The third-order valence-electron chi connectivity index (χ3n) is 4.10. The lowest BCUT2D eigenvalue weighted by Crippen LogP contribution is -2.44. The Kier molecular flexibility index (Phi) is 3.96. The molecule has 0 unspecified atom stereocenters. The molecule has 0 N–H and O–H groups in total. The number of fused-ring (bicyclic) bond motifs is 3. The average Bonchev–Trinajstić information content (AvgIpc) is 2.66. The van der Waals surface area contributed by atoms with Gasteiger partial charge in [-0.1, -0.05) is 17.7 Å². The van der Waals surface area contributed by atoms with E-state index in [-0.39, 0.29) is 11.9 Å². The molecule has 4 nitrogen and oxygen atoms in total. The molecule has 2 fully saturated rings. The smallest absolute Gasteiger partial charge is 0.253 e. The highest BCUT2D eigenvalue weighted by Crippen LogP contribution is 2.21. The standard InChI is InChI=1S/C15H19ClN2O2/c1-17-6-11-7-18(8-14(17)10-20-9-11)15(19)12-3-2-4-13(16)5-12/h2-5,11,14H,6-10H2,1H3/t11-,14+/m1/s1. The molecule has 0 spiro atoms. The molecule has 2 aliphatic heterocycles. The number of hydrogen-bond acceptors (Lipinski definition) is 3. The molecule has 0 aliphatic carbocycles. The molecule has 2 saturated heterocycles. The summed E-state index contributed by atoms with van der Waals surface area (Å²) in [6.45, 7) is 3.90. The van der Waals surface area contributed by atoms with Gasteiger partial charge in [0.2, 0.25) is 0 Å². The lowest BCUT2D eigenvalue weighted by Gasteiger charge is -2.29. The van der Waals surface area contributed by atoms with Gasteiger partial charge in [-0.2, -0.15) is 0 Å². The topological polar surface area (TPSA) is 32.8 Å². The predicted molar refractivity (Wildman–Crippen MR) is 78.1 cm³/mol. The first kappa shape index (κ1) is 13.9. The molecule has 2 atom stereocenters. The van der Waals surface area contributed by atoms with Crippen molar-refractivity contribution in [1.29, 1.82) is 0 Å². The molecule has 2 aliphatic rings. The van der Waals surface area contributed by atoms with Crippen LogP contribution in [-0.4, -0.2) is 61.6 Å². The summed E-state index contributed by atoms with van der Waals surface area (Å²) in [7, 11) is 2.11. The van der Waals surface area contributed by atoms with Crippen molar-refractivity contribution in [2.24, 2.45) is 5.92 Å². The maximum atomic E-state index is 12.7. The van der Waals surface area contributed by atoms with Crippen LogP contribution in [0.3, 0.4) is 0 Å². The maximum absolute atomic E-state index is 12.7. The van der Waals surface area contributed by atoms with Gasteiger partial charge in [0, 0.05) is 36.1 Å². The summed E-state index contributed by atoms with van der Waals surface area (Å²) < 4.78 is 5.68. The van der Waals surface area contributed by atoms with E-state index in [4.69, 9.17) is 16.3 Å². The van der Waals surface area contributed by atoms with Crippen LogP contribution in [0.1, 0.15) is 10.4 Å². The molecule has 3 rings (SSSR count). The van der Waals surface area contributed by atoms with E-state index in [2.05, 4.69) is 11.9 Å². The minimum atomic E-state index is 0.0692. The highest BCUT2D eigenvalue weighted by Gasteiger charge is 2.33. The highest BCUT2D eigenvalue weighted by atomic mass is 35.5. The number of benzene rings is 1. The van der Waals surface area contributed by atoms with Gasteiger partial charge < -0.3 is 9.64 Å². The van der Waals surface area contributed by atoms with E-state index >= 15 is 0 Å². The molecule has 1 aromatic carbocycles. The van der Waals surface area contributed by atoms with Gasteiger partial charge in [0.25, 0.3) is 5.91 Å². The first-order valence-electron chi connectivity index (χ1n) is 6.96. The predicted octanol–water partition coefficient (Wildman–Crippen LogP) is 1.74. The van der Waals surface area contributed by atoms with Crippen LogP contribution in [0.2, 0.25) is 5.02 Å². The summed E-state index contributed by atoms with van der Waals surface area (Å²) in [5.41, 5.74) is 0.668. The van der Waals surface area contributed by atoms with Gasteiger partial charge in [0.1, 0.15) is 0 Å². The maximum Gasteiger partial charge on any atom is 0.253 e. The van der Waals surface area contributed by atoms with Crippen LogP contribution < -0.4 is 0 Å². The molecular weight excluding hydrogens is 276 g/mol. The molecule has 1 aromatic rings. The van der Waals surface area contributed by atoms with Gasteiger partial charge in [-0.15, -0.1) is 0 Å². The van der Waals surface area contributed by atoms with E-state index in [0.717, 1.165) is 26.2 Å². The second kappa shape index (κ2) is 5.72. The van der Waals surface area contributed by atoms with Gasteiger partial charge in [-0.3, -0.25) is 9.69 Å². The summed E-state index contributed by atoms with van der Waals surface area (Å²) >= 11 is 5.98. The number of carbonyl (C=O) groups is 1. The third-order valence-corrected chi connectivity index (χ3v) is 4.34. The van der Waals surface area contributed by atoms with Gasteiger partial charge >= 0.3 is 0 Å². The molecule has 0 saturated carbocycles. The Morgan fingerprint density at radius 3 is 2.95 bits per heavy atom. The van der Waals surface area contributed by atoms with Crippen LogP contribution in [-0.2, 0) is 4.74 Å². The van der Waals surface area contributed by atoms with Gasteiger partial charge in [0.05, 0.1) is 19.3 Å². The zero-order valence-electron chi connectivity index (χ0n) is 11.6. The molecule has 20 heavy (non-hydrogen) atoms. The molecule has 0 aromatic heterocycles. The summed E-state index contributed by atoms with van der Waals surface area (Å²) in [6, 6.07) is 7.46. The Balaban J connectivity index is 1.81. The Morgan fingerprint density at radius 2 is 2.15 bits per heavy atom. The van der Waals surface area contributed by atoms with Crippen LogP contribution in [0.4, 0.5) is 0 Å². The Labute approximate surface area is 124 Å². The van der Waals surface area contributed by atoms with Crippen molar-refractivity contribution in [3.8, 4) is 0 Å². The zero-order valence-corrected chi connectivity index (χ0v) is 12.3. The summed E-state index contributed by atoms with van der Waals surface area (Å²) in [5, 5.41) is 0.603. The third kappa shape index (κ3) is 2.82. The van der Waals surface area contributed by atoms with E-state index in [9.17, 15) is 4.79 Å². The lowest BCUT2D eigenvalue weighted by atomic mass is 10.1. The number of halogens is 1. The lowest BCUT2D eigenvalue weighted by molar-refractivity contribution is 0.0434. The van der Waals surface area contributed by atoms with E-state index in [1.54, 1.807) is 12.1 Å². The van der Waals surface area contributed by atoms with Crippen LogP contribution in [0.15, 0.2) is 24.3 Å². The van der Waals surface area contributed by atoms with Crippen molar-refractivity contribution in [2.75, 3.05) is 39.9 Å². The molecular formula is C15H19ClN2O2. The van der Waals surface area contributed by atoms with Gasteiger partial charge in [0.15, 0.2) is 0 Å². The minimum absolute atomic E-state index is 0.0692. The number of amides is 1. The Hall–Kier alpha value is -1.10. The number of hydrogen-bond donors (Lipinski definition) is 0. The Morgan fingerprint density at radius 1 is 1.30 bits per heavy atom. The van der Waals surface area contributed by atoms with Crippen molar-refractivity contribution >= 4 is 17.5 Å². The number of likely N-dealkylation sites (N-methyl/N-ethyl adjacent to an activating group) is 1. The fraction of sp³-hybridized carbons (Fsp3) is 0.533. The molecule has 2 heterocycles. The number of nitrogens with zero attached hydrogens (tertiary/aromatic N) is 2. The monoisotopic (exact) mass is 294 g/mol. The van der Waals surface area contributed by atoms with E-state index < -0.39 is 0 Å². The summed E-state index contributed by atoms with van der Waals surface area (Å²) in [6.07, 6.45) is 0. The Bertz CT molecular complexity index is 508. The van der Waals surface area contributed by atoms with Crippen LogP contribution in [0.25, 0.3) is 0 Å². The first-order valence-corrected chi connectivity index (χ1v) is 7.34. The quantitative estimate of drug-likeness (QED) is 0.791. The van der Waals surface area contributed by atoms with E-state index in [0.29, 0.717) is 23.1 Å². The summed E-state index contributed by atoms with van der Waals surface area (Å²) in [4.78, 5) is 16.9. The molecule has 5 heteroatoms. The van der Waals surface area contributed by atoms with Crippen LogP contribution in [0.5, 0.6) is 0 Å². The fourth-order valence-corrected chi connectivity index (χ4v) is 3.21. The van der Waals surface area contributed by atoms with E-state index in [1.165, 1.54) is 0 Å². The normalized spacial score (nSPS) is 27.2. The van der Waals surface area contributed by atoms with Gasteiger partial charge in [-0.05, 0) is 25.2 Å². The first-order chi connectivity index (χ1) is 9.63. The largest absolute Gasteiger partial charge is 0.379 e. The van der Waals surface area contributed by atoms with Crippen molar-refractivity contribution in [3.05, 3.63) is 34.9 Å². The second-order valence-corrected chi connectivity index (χ2v) is 6.15. The highest BCUT2D eigenvalue weighted by molar-refractivity contribution is 6.30. The zero-order chi connectivity index (χ0) is 14.1. The van der Waals surface area contributed by atoms with Gasteiger partial charge in [-0.25, -0.2) is 0 Å². The summed E-state index contributed by atoms with van der Waals surface area (Å²) in [5.74, 6) is 0.454. The number of carbonyl (C=O) groups excluding carboxylic acids is 1.